The molecule has 3 heterocycles. The highest BCUT2D eigenvalue weighted by molar-refractivity contribution is 7.52. The lowest BCUT2D eigenvalue weighted by Gasteiger charge is -2.24. The number of methoxy groups -OCH3 is 1. The molecule has 1 saturated carbocycles. The quantitative estimate of drug-likeness (QED) is 0.269. The molecule has 6 atom stereocenters. The summed E-state index contributed by atoms with van der Waals surface area (Å²) in [7, 11) is -3.74. The van der Waals surface area contributed by atoms with Crippen LogP contribution in [0.2, 0.25) is 0 Å². The van der Waals surface area contributed by atoms with E-state index in [4.69, 9.17) is 9.47 Å². The van der Waals surface area contributed by atoms with Gasteiger partial charge in [0.25, 0.3) is 0 Å². The van der Waals surface area contributed by atoms with Gasteiger partial charge in [-0.1, -0.05) is 24.3 Å². The summed E-state index contributed by atoms with van der Waals surface area (Å²) in [6.07, 6.45) is -1.95. The van der Waals surface area contributed by atoms with Crippen LogP contribution in [0.5, 0.6) is 0 Å². The highest BCUT2D eigenvalue weighted by Crippen LogP contribution is 2.48. The maximum absolute atomic E-state index is 11.8. The molecule has 2 fully saturated rings. The predicted octanol–water partition coefficient (Wildman–Crippen LogP) is 2.12. The highest BCUT2D eigenvalue weighted by Gasteiger charge is 2.52. The Morgan fingerprint density at radius 1 is 1.19 bits per heavy atom. The van der Waals surface area contributed by atoms with Crippen molar-refractivity contribution < 1.29 is 34.0 Å². The third kappa shape index (κ3) is 4.87. The van der Waals surface area contributed by atoms with Gasteiger partial charge in [-0.3, -0.25) is 4.57 Å². The summed E-state index contributed by atoms with van der Waals surface area (Å²) in [5, 5.41) is 34.6. The molecular weight excluding hydrogens is 501 g/mol. The summed E-state index contributed by atoms with van der Waals surface area (Å²) in [6.45, 7) is 1.97. The Morgan fingerprint density at radius 3 is 2.49 bits per heavy atom. The van der Waals surface area contributed by atoms with Crippen molar-refractivity contribution in [3.63, 3.8) is 0 Å². The molecule has 0 bridgehead atoms. The molecular formula is C24H28N5O7P. The number of nitrogens with zero attached hydrogens (tertiary/aromatic N) is 4. The first-order valence-corrected chi connectivity index (χ1v) is 13.5. The number of hydrogen-bond acceptors (Lipinski definition) is 9. The number of benzene rings is 1. The highest BCUT2D eigenvalue weighted by atomic mass is 31.2. The second-order valence-corrected chi connectivity index (χ2v) is 11.1. The summed E-state index contributed by atoms with van der Waals surface area (Å²) in [5.41, 5.74) is 2.61. The van der Waals surface area contributed by atoms with Crippen molar-refractivity contribution in [1.29, 1.82) is 5.26 Å². The minimum Gasteiger partial charge on any atom is -0.387 e. The molecule has 1 unspecified atom stereocenters. The van der Waals surface area contributed by atoms with Crippen LogP contribution in [-0.4, -0.2) is 65.8 Å². The van der Waals surface area contributed by atoms with Gasteiger partial charge in [-0.05, 0) is 42.9 Å². The second-order valence-electron chi connectivity index (χ2n) is 9.46. The van der Waals surface area contributed by atoms with Crippen molar-refractivity contribution in [2.24, 2.45) is 0 Å². The monoisotopic (exact) mass is 529 g/mol. The SMILES string of the molecule is COC([C@@H]1O[C@@H](n2ccc3c(N[C@H](C)c4ccc(C5CC5)cc4)nc(C#N)nc32)[C@H](O)[C@@H]1O)P(=O)(O)O. The zero-order valence-corrected chi connectivity index (χ0v) is 21.1. The van der Waals surface area contributed by atoms with Crippen molar-refractivity contribution in [1.82, 2.24) is 14.5 Å². The van der Waals surface area contributed by atoms with Crippen LogP contribution in [0.3, 0.4) is 0 Å². The van der Waals surface area contributed by atoms with Crippen LogP contribution < -0.4 is 5.32 Å². The zero-order chi connectivity index (χ0) is 26.5. The van der Waals surface area contributed by atoms with Gasteiger partial charge in [0, 0.05) is 19.3 Å². The van der Waals surface area contributed by atoms with Crippen LogP contribution in [-0.2, 0) is 14.0 Å². The summed E-state index contributed by atoms with van der Waals surface area (Å²) in [4.78, 5) is 27.8. The van der Waals surface area contributed by atoms with Crippen LogP contribution in [0, 0.1) is 11.3 Å². The van der Waals surface area contributed by atoms with E-state index in [-0.39, 0.29) is 17.5 Å². The van der Waals surface area contributed by atoms with E-state index in [1.54, 1.807) is 12.3 Å². The van der Waals surface area contributed by atoms with Gasteiger partial charge in [0.2, 0.25) is 5.82 Å². The maximum Gasteiger partial charge on any atom is 0.356 e. The molecule has 1 saturated heterocycles. The Morgan fingerprint density at radius 2 is 1.89 bits per heavy atom. The Hall–Kier alpha value is -2.88. The number of anilines is 1. The lowest BCUT2D eigenvalue weighted by atomic mass is 10.0. The van der Waals surface area contributed by atoms with E-state index in [2.05, 4.69) is 39.6 Å². The van der Waals surface area contributed by atoms with Crippen LogP contribution in [0.15, 0.2) is 36.5 Å². The van der Waals surface area contributed by atoms with E-state index in [0.717, 1.165) is 12.7 Å². The van der Waals surface area contributed by atoms with Crippen molar-refractivity contribution in [3.05, 3.63) is 53.5 Å². The topological polar surface area (TPSA) is 183 Å². The third-order valence-electron chi connectivity index (χ3n) is 6.91. The third-order valence-corrected chi connectivity index (χ3v) is 8.08. The van der Waals surface area contributed by atoms with E-state index < -0.39 is 38.0 Å². The van der Waals surface area contributed by atoms with Gasteiger partial charge in [0.1, 0.15) is 35.8 Å². The number of aliphatic hydroxyl groups is 2. The van der Waals surface area contributed by atoms with Crippen molar-refractivity contribution in [2.45, 2.75) is 62.1 Å². The molecule has 12 nitrogen and oxygen atoms in total. The summed E-state index contributed by atoms with van der Waals surface area (Å²) < 4.78 is 23.8. The van der Waals surface area contributed by atoms with Gasteiger partial charge < -0.3 is 39.4 Å². The van der Waals surface area contributed by atoms with E-state index in [1.165, 1.54) is 23.0 Å². The fourth-order valence-corrected chi connectivity index (χ4v) is 5.68. The van der Waals surface area contributed by atoms with Gasteiger partial charge in [-0.2, -0.15) is 5.26 Å². The van der Waals surface area contributed by atoms with Crippen LogP contribution in [0.4, 0.5) is 5.82 Å². The maximum atomic E-state index is 11.8. The zero-order valence-electron chi connectivity index (χ0n) is 20.2. The fraction of sp³-hybridized carbons (Fsp3) is 0.458. The largest absolute Gasteiger partial charge is 0.387 e. The normalized spacial score (nSPS) is 25.6. The van der Waals surface area contributed by atoms with Crippen LogP contribution in [0.25, 0.3) is 11.0 Å². The summed E-state index contributed by atoms with van der Waals surface area (Å²) in [5.74, 6) is -0.851. The average molecular weight is 529 g/mol. The van der Waals surface area contributed by atoms with Crippen molar-refractivity contribution in [3.8, 4) is 6.07 Å². The fourth-order valence-electron chi connectivity index (χ4n) is 4.77. The number of ether oxygens (including phenoxy) is 2. The van der Waals surface area contributed by atoms with E-state index >= 15 is 0 Å². The van der Waals surface area contributed by atoms with E-state index in [1.807, 2.05) is 13.0 Å². The number of fused-ring (bicyclic) bond motifs is 1. The smallest absolute Gasteiger partial charge is 0.356 e. The number of nitrogens with one attached hydrogen (secondary N) is 1. The van der Waals surface area contributed by atoms with Crippen LogP contribution >= 0.6 is 7.60 Å². The minimum atomic E-state index is -4.82. The van der Waals surface area contributed by atoms with Gasteiger partial charge in [0.05, 0.1) is 5.39 Å². The van der Waals surface area contributed by atoms with Crippen LogP contribution in [0.1, 0.15) is 54.9 Å². The van der Waals surface area contributed by atoms with Crippen molar-refractivity contribution >= 4 is 24.4 Å². The molecule has 3 aromatic rings. The van der Waals surface area contributed by atoms with E-state index in [0.29, 0.717) is 17.1 Å². The average Bonchev–Trinajstić information content (AvgIpc) is 3.58. The second kappa shape index (κ2) is 9.78. The van der Waals surface area contributed by atoms with Gasteiger partial charge in [0.15, 0.2) is 12.1 Å². The molecule has 2 aliphatic rings. The molecule has 1 aliphatic carbocycles. The molecule has 13 heteroatoms. The first-order chi connectivity index (χ1) is 17.6. The Labute approximate surface area is 212 Å². The Bertz CT molecular complexity index is 1380. The standard InChI is InChI=1S/C24H28N5O7P/c1-12(13-3-5-14(6-4-13)15-7-8-15)26-21-16-9-10-29(22(16)28-17(11-25)27-21)23-19(31)18(30)20(36-23)24(35-2)37(32,33)34/h3-6,9-10,12,15,18-20,23-24,30-31H,7-8H2,1-2H3,(H,26,27,28)(H2,32,33,34)/t12-,18+,19-,20-,23-,24?/m1/s1. The number of rotatable bonds is 8. The number of nitriles is 1. The number of aromatic nitrogens is 3. The molecule has 37 heavy (non-hydrogen) atoms. The molecule has 1 aliphatic heterocycles. The molecule has 196 valence electrons. The predicted molar refractivity (Wildman–Crippen MR) is 131 cm³/mol. The lowest BCUT2D eigenvalue weighted by molar-refractivity contribution is -0.0759. The first kappa shape index (κ1) is 25.8. The van der Waals surface area contributed by atoms with Gasteiger partial charge in [-0.15, -0.1) is 0 Å². The summed E-state index contributed by atoms with van der Waals surface area (Å²) >= 11 is 0. The van der Waals surface area contributed by atoms with E-state index in [9.17, 15) is 29.8 Å². The lowest BCUT2D eigenvalue weighted by Crippen LogP contribution is -2.39. The Kier molecular flexibility index (Phi) is 6.81. The molecule has 2 aromatic heterocycles. The molecule has 1 aromatic carbocycles. The first-order valence-electron chi connectivity index (χ1n) is 11.9. The number of aliphatic hydroxyl groups excluding tert-OH is 2. The molecule has 0 radical (unpaired) electrons. The van der Waals surface area contributed by atoms with Gasteiger partial charge in [-0.25, -0.2) is 9.97 Å². The minimum absolute atomic E-state index is 0.124. The molecule has 5 N–H and O–H groups in total. The summed E-state index contributed by atoms with van der Waals surface area (Å²) in [6, 6.07) is 11.9. The molecule has 0 amide bonds. The number of hydrogen-bond donors (Lipinski definition) is 5. The molecule has 5 rings (SSSR count). The Balaban J connectivity index is 1.45. The van der Waals surface area contributed by atoms with Gasteiger partial charge >= 0.3 is 7.60 Å². The van der Waals surface area contributed by atoms with Crippen molar-refractivity contribution in [2.75, 3.05) is 12.4 Å². The molecule has 0 spiro atoms.